The van der Waals surface area contributed by atoms with E-state index in [2.05, 4.69) is 29.0 Å². The molecule has 2 aromatic rings. The van der Waals surface area contributed by atoms with Crippen LogP contribution in [0.4, 0.5) is 0 Å². The smallest absolute Gasteiger partial charge is 0.255 e. The van der Waals surface area contributed by atoms with Gasteiger partial charge in [-0.3, -0.25) is 4.79 Å². The summed E-state index contributed by atoms with van der Waals surface area (Å²) in [6.07, 6.45) is 0. The molecule has 0 aromatic heterocycles. The number of carbonyl (C=O) groups excluding carboxylic acids is 1. The quantitative estimate of drug-likeness (QED) is 0.882. The lowest BCUT2D eigenvalue weighted by Gasteiger charge is -2.06. The fraction of sp³-hybridized carbons (Fsp3) is 0.105. The summed E-state index contributed by atoms with van der Waals surface area (Å²) >= 11 is 0. The summed E-state index contributed by atoms with van der Waals surface area (Å²) in [7, 11) is 1.53. The molecule has 0 aliphatic heterocycles. The minimum absolute atomic E-state index is 0.220. The Morgan fingerprint density at radius 2 is 1.77 bits per heavy atom. The Labute approximate surface area is 130 Å². The minimum atomic E-state index is -0.220. The first-order valence-corrected chi connectivity index (χ1v) is 6.76. The number of hydrogen-bond donors (Lipinski definition) is 1. The van der Waals surface area contributed by atoms with Crippen LogP contribution in [0.1, 0.15) is 15.9 Å². The van der Waals surface area contributed by atoms with Crippen LogP contribution in [0.5, 0.6) is 5.75 Å². The molecule has 0 heterocycles. The second-order valence-corrected chi connectivity index (χ2v) is 4.30. The first-order valence-electron chi connectivity index (χ1n) is 6.76. The summed E-state index contributed by atoms with van der Waals surface area (Å²) in [5.41, 5.74) is 1.40. The van der Waals surface area contributed by atoms with Crippen molar-refractivity contribution in [1.82, 2.24) is 5.32 Å². The van der Waals surface area contributed by atoms with E-state index >= 15 is 0 Å². The molecular formula is C19H15NO2. The van der Waals surface area contributed by atoms with Crippen molar-refractivity contribution in [3.05, 3.63) is 65.7 Å². The highest BCUT2D eigenvalue weighted by Gasteiger charge is 2.09. The maximum Gasteiger partial charge on any atom is 0.255 e. The van der Waals surface area contributed by atoms with Gasteiger partial charge < -0.3 is 10.1 Å². The van der Waals surface area contributed by atoms with Crippen molar-refractivity contribution in [3.8, 4) is 29.4 Å². The molecule has 0 radical (unpaired) electrons. The maximum atomic E-state index is 12.0. The van der Waals surface area contributed by atoms with E-state index in [1.54, 1.807) is 18.2 Å². The van der Waals surface area contributed by atoms with Crippen LogP contribution >= 0.6 is 0 Å². The fourth-order valence-corrected chi connectivity index (χ4v) is 1.77. The molecule has 0 bridgehead atoms. The molecule has 0 aliphatic carbocycles. The molecule has 3 nitrogen and oxygen atoms in total. The van der Waals surface area contributed by atoms with E-state index in [0.717, 1.165) is 5.56 Å². The van der Waals surface area contributed by atoms with E-state index in [9.17, 15) is 4.79 Å². The Morgan fingerprint density at radius 3 is 2.55 bits per heavy atom. The second-order valence-electron chi connectivity index (χ2n) is 4.30. The number of amides is 1. The van der Waals surface area contributed by atoms with Crippen LogP contribution in [0.2, 0.25) is 0 Å². The molecular weight excluding hydrogens is 274 g/mol. The predicted octanol–water partition coefficient (Wildman–Crippen LogP) is 2.48. The summed E-state index contributed by atoms with van der Waals surface area (Å²) in [4.78, 5) is 12.0. The summed E-state index contributed by atoms with van der Waals surface area (Å²) in [6, 6.07) is 16.7. The summed E-state index contributed by atoms with van der Waals surface area (Å²) in [5, 5.41) is 2.71. The molecule has 1 amide bonds. The van der Waals surface area contributed by atoms with E-state index in [1.165, 1.54) is 7.11 Å². The Morgan fingerprint density at radius 1 is 1.05 bits per heavy atom. The average Bonchev–Trinajstić information content (AvgIpc) is 2.58. The SMILES string of the molecule is COc1ccccc1C(=O)NCC#CC#Cc1ccccc1. The molecule has 0 saturated carbocycles. The molecule has 2 aromatic carbocycles. The second kappa shape index (κ2) is 8.19. The first kappa shape index (κ1) is 15.2. The minimum Gasteiger partial charge on any atom is -0.496 e. The largest absolute Gasteiger partial charge is 0.496 e. The van der Waals surface area contributed by atoms with Crippen molar-refractivity contribution in [2.75, 3.05) is 13.7 Å². The number of carbonyl (C=O) groups is 1. The molecule has 0 saturated heterocycles. The third-order valence-electron chi connectivity index (χ3n) is 2.82. The number of benzene rings is 2. The molecule has 22 heavy (non-hydrogen) atoms. The van der Waals surface area contributed by atoms with E-state index in [0.29, 0.717) is 11.3 Å². The van der Waals surface area contributed by atoms with Crippen molar-refractivity contribution < 1.29 is 9.53 Å². The van der Waals surface area contributed by atoms with Gasteiger partial charge in [0, 0.05) is 5.56 Å². The van der Waals surface area contributed by atoms with Crippen molar-refractivity contribution in [1.29, 1.82) is 0 Å². The summed E-state index contributed by atoms with van der Waals surface area (Å²) < 4.78 is 5.14. The van der Waals surface area contributed by atoms with Gasteiger partial charge in [0.05, 0.1) is 19.2 Å². The number of nitrogens with one attached hydrogen (secondary N) is 1. The van der Waals surface area contributed by atoms with Crippen LogP contribution in [0, 0.1) is 23.7 Å². The molecule has 0 spiro atoms. The van der Waals surface area contributed by atoms with Crippen LogP contribution in [0.3, 0.4) is 0 Å². The molecule has 0 atom stereocenters. The molecule has 3 heteroatoms. The van der Waals surface area contributed by atoms with Crippen LogP contribution in [0.25, 0.3) is 0 Å². The zero-order valence-electron chi connectivity index (χ0n) is 12.2. The van der Waals surface area contributed by atoms with Crippen molar-refractivity contribution in [2.45, 2.75) is 0 Å². The van der Waals surface area contributed by atoms with Gasteiger partial charge in [-0.1, -0.05) is 42.2 Å². The standard InChI is InChI=1S/C19H15NO2/c1-22-18-14-8-7-13-17(18)19(21)20-15-9-3-6-12-16-10-4-2-5-11-16/h2,4-5,7-8,10-11,13-14H,15H2,1H3,(H,20,21). The summed E-state index contributed by atoms with van der Waals surface area (Å²) in [6.45, 7) is 0.236. The normalized spacial score (nSPS) is 8.77. The highest BCUT2D eigenvalue weighted by molar-refractivity contribution is 5.97. The zero-order valence-corrected chi connectivity index (χ0v) is 12.2. The van der Waals surface area contributed by atoms with E-state index in [-0.39, 0.29) is 12.5 Å². The topological polar surface area (TPSA) is 38.3 Å². The van der Waals surface area contributed by atoms with Gasteiger partial charge in [0.15, 0.2) is 0 Å². The van der Waals surface area contributed by atoms with Crippen LogP contribution in [-0.2, 0) is 0 Å². The van der Waals surface area contributed by atoms with E-state index < -0.39 is 0 Å². The Balaban J connectivity index is 1.88. The lowest BCUT2D eigenvalue weighted by Crippen LogP contribution is -2.24. The van der Waals surface area contributed by atoms with Crippen molar-refractivity contribution >= 4 is 5.91 Å². The molecule has 108 valence electrons. The molecule has 0 aliphatic rings. The molecule has 2 rings (SSSR count). The third kappa shape index (κ3) is 4.44. The van der Waals surface area contributed by atoms with Gasteiger partial charge in [0.2, 0.25) is 0 Å². The molecule has 0 fully saturated rings. The maximum absolute atomic E-state index is 12.0. The Kier molecular flexibility index (Phi) is 5.67. The number of methoxy groups -OCH3 is 1. The van der Waals surface area contributed by atoms with Gasteiger partial charge >= 0.3 is 0 Å². The van der Waals surface area contributed by atoms with Gasteiger partial charge in [-0.25, -0.2) is 0 Å². The predicted molar refractivity (Wildman–Crippen MR) is 86.4 cm³/mol. The number of hydrogen-bond acceptors (Lipinski definition) is 2. The number of para-hydroxylation sites is 1. The summed E-state index contributed by atoms with van der Waals surface area (Å²) in [5.74, 6) is 11.5. The van der Waals surface area contributed by atoms with E-state index in [4.69, 9.17) is 4.74 Å². The third-order valence-corrected chi connectivity index (χ3v) is 2.82. The number of rotatable bonds is 3. The highest BCUT2D eigenvalue weighted by Crippen LogP contribution is 2.16. The van der Waals surface area contributed by atoms with Gasteiger partial charge in [-0.05, 0) is 36.1 Å². The van der Waals surface area contributed by atoms with Crippen LogP contribution in [-0.4, -0.2) is 19.6 Å². The van der Waals surface area contributed by atoms with Gasteiger partial charge in [-0.2, -0.15) is 0 Å². The Hall–Kier alpha value is -3.17. The van der Waals surface area contributed by atoms with Crippen LogP contribution < -0.4 is 10.1 Å². The first-order chi connectivity index (χ1) is 10.8. The van der Waals surface area contributed by atoms with Crippen LogP contribution in [0.15, 0.2) is 54.6 Å². The average molecular weight is 289 g/mol. The molecule has 1 N–H and O–H groups in total. The molecule has 0 unspecified atom stereocenters. The monoisotopic (exact) mass is 289 g/mol. The van der Waals surface area contributed by atoms with Gasteiger partial charge in [0.25, 0.3) is 5.91 Å². The highest BCUT2D eigenvalue weighted by atomic mass is 16.5. The van der Waals surface area contributed by atoms with E-state index in [1.807, 2.05) is 36.4 Å². The lowest BCUT2D eigenvalue weighted by atomic mass is 10.2. The lowest BCUT2D eigenvalue weighted by molar-refractivity contribution is 0.0955. The van der Waals surface area contributed by atoms with Crippen molar-refractivity contribution in [2.24, 2.45) is 0 Å². The number of ether oxygens (including phenoxy) is 1. The zero-order chi connectivity index (χ0) is 15.6. The fourth-order valence-electron chi connectivity index (χ4n) is 1.77. The van der Waals surface area contributed by atoms with Gasteiger partial charge in [-0.15, -0.1) is 0 Å². The van der Waals surface area contributed by atoms with Crippen molar-refractivity contribution in [3.63, 3.8) is 0 Å². The Bertz CT molecular complexity index is 759. The van der Waals surface area contributed by atoms with Gasteiger partial charge in [0.1, 0.15) is 5.75 Å².